The van der Waals surface area contributed by atoms with E-state index in [1.165, 1.54) is 6.20 Å². The quantitative estimate of drug-likeness (QED) is 0.791. The van der Waals surface area contributed by atoms with Gasteiger partial charge in [0.15, 0.2) is 5.82 Å². The number of aromatic nitrogens is 2. The normalized spacial score (nSPS) is 10.5. The van der Waals surface area contributed by atoms with Crippen LogP contribution in [0.2, 0.25) is 10.0 Å². The number of esters is 1. The Morgan fingerprint density at radius 3 is 2.43 bits per heavy atom. The summed E-state index contributed by atoms with van der Waals surface area (Å²) in [5, 5.41) is 1.02. The van der Waals surface area contributed by atoms with Crippen molar-refractivity contribution in [1.29, 1.82) is 0 Å². The maximum Gasteiger partial charge on any atom is 0.341 e. The highest BCUT2D eigenvalue weighted by Crippen LogP contribution is 2.25. The van der Waals surface area contributed by atoms with Gasteiger partial charge in [-0.25, -0.2) is 14.8 Å². The molecule has 4 nitrogen and oxygen atoms in total. The largest absolute Gasteiger partial charge is 0.462 e. The van der Waals surface area contributed by atoms with Crippen molar-refractivity contribution < 1.29 is 9.53 Å². The molecular formula is C15H14Cl2N2O2. The maximum atomic E-state index is 11.8. The van der Waals surface area contributed by atoms with Crippen molar-refractivity contribution in [1.82, 2.24) is 9.97 Å². The molecule has 1 heterocycles. The fourth-order valence-electron chi connectivity index (χ4n) is 1.89. The van der Waals surface area contributed by atoms with Crippen LogP contribution in [0.1, 0.15) is 29.9 Å². The summed E-state index contributed by atoms with van der Waals surface area (Å²) < 4.78 is 4.99. The molecule has 0 aliphatic heterocycles. The minimum Gasteiger partial charge on any atom is -0.462 e. The number of nitrogens with zero attached hydrogens (tertiary/aromatic N) is 2. The third-order valence-corrected chi connectivity index (χ3v) is 3.26. The number of halogens is 2. The summed E-state index contributed by atoms with van der Waals surface area (Å²) >= 11 is 12.0. The molecule has 0 spiro atoms. The van der Waals surface area contributed by atoms with E-state index in [1.54, 1.807) is 25.1 Å². The van der Waals surface area contributed by atoms with E-state index in [0.29, 0.717) is 45.7 Å². The number of hydrogen-bond acceptors (Lipinski definition) is 4. The van der Waals surface area contributed by atoms with E-state index in [1.807, 2.05) is 6.92 Å². The van der Waals surface area contributed by atoms with Gasteiger partial charge in [0.2, 0.25) is 0 Å². The number of hydrogen-bond donors (Lipinski definition) is 0. The third-order valence-electron chi connectivity index (χ3n) is 2.82. The molecule has 1 aromatic heterocycles. The first kappa shape index (κ1) is 15.7. The number of rotatable bonds is 4. The van der Waals surface area contributed by atoms with E-state index in [0.717, 1.165) is 0 Å². The standard InChI is InChI=1S/C15H14Cl2N2O2/c1-3-13-12(15(20)21-4-2)8-18-14(19-13)9-5-10(16)7-11(17)6-9/h5-8H,3-4H2,1-2H3. The summed E-state index contributed by atoms with van der Waals surface area (Å²) in [5.41, 5.74) is 1.73. The molecule has 0 saturated carbocycles. The van der Waals surface area contributed by atoms with Crippen LogP contribution in [0.25, 0.3) is 11.4 Å². The number of carbonyl (C=O) groups is 1. The highest BCUT2D eigenvalue weighted by Gasteiger charge is 2.15. The highest BCUT2D eigenvalue weighted by molar-refractivity contribution is 6.35. The van der Waals surface area contributed by atoms with Crippen LogP contribution in [0.15, 0.2) is 24.4 Å². The second-order valence-corrected chi connectivity index (χ2v) is 5.16. The second-order valence-electron chi connectivity index (χ2n) is 4.29. The molecule has 1 aromatic carbocycles. The van der Waals surface area contributed by atoms with Crippen LogP contribution < -0.4 is 0 Å². The molecule has 0 aliphatic carbocycles. The van der Waals surface area contributed by atoms with Crippen molar-refractivity contribution in [2.24, 2.45) is 0 Å². The van der Waals surface area contributed by atoms with Gasteiger partial charge < -0.3 is 4.74 Å². The molecule has 2 rings (SSSR count). The van der Waals surface area contributed by atoms with Crippen LogP contribution in [-0.4, -0.2) is 22.5 Å². The summed E-state index contributed by atoms with van der Waals surface area (Å²) in [6.07, 6.45) is 2.08. The molecule has 0 aliphatic rings. The first-order valence-electron chi connectivity index (χ1n) is 6.54. The van der Waals surface area contributed by atoms with Crippen LogP contribution >= 0.6 is 23.2 Å². The van der Waals surface area contributed by atoms with Crippen molar-refractivity contribution in [2.45, 2.75) is 20.3 Å². The van der Waals surface area contributed by atoms with Crippen molar-refractivity contribution in [3.63, 3.8) is 0 Å². The van der Waals surface area contributed by atoms with Crippen LogP contribution in [-0.2, 0) is 11.2 Å². The van der Waals surface area contributed by atoms with E-state index in [4.69, 9.17) is 27.9 Å². The fraction of sp³-hybridized carbons (Fsp3) is 0.267. The number of carbonyl (C=O) groups excluding carboxylic acids is 1. The maximum absolute atomic E-state index is 11.8. The smallest absolute Gasteiger partial charge is 0.341 e. The van der Waals surface area contributed by atoms with Gasteiger partial charge in [-0.05, 0) is 31.5 Å². The zero-order valence-electron chi connectivity index (χ0n) is 11.7. The molecule has 0 radical (unpaired) electrons. The Balaban J connectivity index is 2.45. The predicted molar refractivity (Wildman–Crippen MR) is 82.8 cm³/mol. The van der Waals surface area contributed by atoms with E-state index >= 15 is 0 Å². The lowest BCUT2D eigenvalue weighted by molar-refractivity contribution is 0.0524. The van der Waals surface area contributed by atoms with E-state index < -0.39 is 5.97 Å². The highest BCUT2D eigenvalue weighted by atomic mass is 35.5. The second kappa shape index (κ2) is 6.87. The number of ether oxygens (including phenoxy) is 1. The van der Waals surface area contributed by atoms with Gasteiger partial charge in [0, 0.05) is 21.8 Å². The van der Waals surface area contributed by atoms with Gasteiger partial charge in [0.05, 0.1) is 17.9 Å². The molecule has 0 amide bonds. The van der Waals surface area contributed by atoms with Gasteiger partial charge >= 0.3 is 5.97 Å². The van der Waals surface area contributed by atoms with Gasteiger partial charge in [0.1, 0.15) is 0 Å². The molecule has 0 fully saturated rings. The zero-order chi connectivity index (χ0) is 15.4. The van der Waals surface area contributed by atoms with Gasteiger partial charge in [-0.15, -0.1) is 0 Å². The molecule has 0 bridgehead atoms. The molecule has 0 atom stereocenters. The van der Waals surface area contributed by atoms with E-state index in [2.05, 4.69) is 9.97 Å². The van der Waals surface area contributed by atoms with Crippen LogP contribution in [0.5, 0.6) is 0 Å². The topological polar surface area (TPSA) is 52.1 Å². The predicted octanol–water partition coefficient (Wildman–Crippen LogP) is 4.19. The van der Waals surface area contributed by atoms with E-state index in [-0.39, 0.29) is 0 Å². The lowest BCUT2D eigenvalue weighted by Gasteiger charge is -2.08. The van der Waals surface area contributed by atoms with Crippen molar-refractivity contribution in [2.75, 3.05) is 6.61 Å². The molecule has 21 heavy (non-hydrogen) atoms. The summed E-state index contributed by atoms with van der Waals surface area (Å²) in [5.74, 6) is 0.0642. The fourth-order valence-corrected chi connectivity index (χ4v) is 2.41. The van der Waals surface area contributed by atoms with Gasteiger partial charge in [-0.2, -0.15) is 0 Å². The van der Waals surface area contributed by atoms with Crippen LogP contribution in [0, 0.1) is 0 Å². The number of benzene rings is 1. The summed E-state index contributed by atoms with van der Waals surface area (Å²) in [6, 6.07) is 5.10. The Kier molecular flexibility index (Phi) is 5.15. The summed E-state index contributed by atoms with van der Waals surface area (Å²) in [4.78, 5) is 20.5. The van der Waals surface area contributed by atoms with E-state index in [9.17, 15) is 4.79 Å². The minimum absolute atomic E-state index is 0.313. The SMILES string of the molecule is CCOC(=O)c1cnc(-c2cc(Cl)cc(Cl)c2)nc1CC. The van der Waals surface area contributed by atoms with Crippen molar-refractivity contribution in [3.05, 3.63) is 45.7 Å². The molecule has 110 valence electrons. The third kappa shape index (κ3) is 3.71. The van der Waals surface area contributed by atoms with Crippen molar-refractivity contribution >= 4 is 29.2 Å². The average molecular weight is 325 g/mol. The molecule has 0 saturated heterocycles. The Morgan fingerprint density at radius 1 is 1.19 bits per heavy atom. The zero-order valence-corrected chi connectivity index (χ0v) is 13.2. The minimum atomic E-state index is -0.412. The Morgan fingerprint density at radius 2 is 1.86 bits per heavy atom. The van der Waals surface area contributed by atoms with Crippen LogP contribution in [0.3, 0.4) is 0 Å². The Bertz CT molecular complexity index is 654. The lowest BCUT2D eigenvalue weighted by atomic mass is 10.1. The first-order chi connectivity index (χ1) is 10.0. The summed E-state index contributed by atoms with van der Waals surface area (Å²) in [7, 11) is 0. The van der Waals surface area contributed by atoms with Gasteiger partial charge in [-0.1, -0.05) is 30.1 Å². The molecule has 0 unspecified atom stereocenters. The number of aryl methyl sites for hydroxylation is 1. The van der Waals surface area contributed by atoms with Gasteiger partial charge in [0.25, 0.3) is 0 Å². The first-order valence-corrected chi connectivity index (χ1v) is 7.30. The molecule has 0 N–H and O–H groups in total. The lowest BCUT2D eigenvalue weighted by Crippen LogP contribution is -2.11. The van der Waals surface area contributed by atoms with Crippen LogP contribution in [0.4, 0.5) is 0 Å². The van der Waals surface area contributed by atoms with Gasteiger partial charge in [-0.3, -0.25) is 0 Å². The summed E-state index contributed by atoms with van der Waals surface area (Å²) in [6.45, 7) is 3.99. The molecule has 2 aromatic rings. The van der Waals surface area contributed by atoms with Crippen molar-refractivity contribution in [3.8, 4) is 11.4 Å². The molecular weight excluding hydrogens is 311 g/mol. The monoisotopic (exact) mass is 324 g/mol. The average Bonchev–Trinajstić information content (AvgIpc) is 2.45. The Hall–Kier alpha value is -1.65. The Labute approximate surface area is 133 Å². The molecule has 6 heteroatoms.